The maximum absolute atomic E-state index is 13.2. The standard InChI is InChI=1S/C13H10BrFN2O3/c14-10-3-2-9(6-12(10)17(19)20)16-7-8-1-4-13(18)11(15)5-8/h1-6,16,18H,7H2. The molecular formula is C13H10BrFN2O3. The fourth-order valence-corrected chi connectivity index (χ4v) is 2.02. The molecule has 2 N–H and O–H groups in total. The zero-order valence-corrected chi connectivity index (χ0v) is 11.7. The average molecular weight is 341 g/mol. The fraction of sp³-hybridized carbons (Fsp3) is 0.0769. The second-order valence-corrected chi connectivity index (χ2v) is 4.92. The number of nitrogens with one attached hydrogen (secondary N) is 1. The molecule has 0 radical (unpaired) electrons. The van der Waals surface area contributed by atoms with Crippen LogP contribution in [0.15, 0.2) is 40.9 Å². The topological polar surface area (TPSA) is 75.4 Å². The molecule has 0 saturated carbocycles. The van der Waals surface area contributed by atoms with E-state index in [-0.39, 0.29) is 12.2 Å². The van der Waals surface area contributed by atoms with Crippen molar-refractivity contribution in [1.82, 2.24) is 0 Å². The highest BCUT2D eigenvalue weighted by Crippen LogP contribution is 2.28. The van der Waals surface area contributed by atoms with Crippen molar-refractivity contribution in [2.75, 3.05) is 5.32 Å². The van der Waals surface area contributed by atoms with Crippen molar-refractivity contribution in [2.45, 2.75) is 6.54 Å². The monoisotopic (exact) mass is 340 g/mol. The number of nitro groups is 1. The van der Waals surface area contributed by atoms with Gasteiger partial charge in [0.05, 0.1) is 9.40 Å². The van der Waals surface area contributed by atoms with Crippen LogP contribution in [0, 0.1) is 15.9 Å². The number of anilines is 1. The first-order valence-electron chi connectivity index (χ1n) is 5.62. The molecule has 0 aliphatic rings. The maximum Gasteiger partial charge on any atom is 0.285 e. The number of nitrogens with zero attached hydrogens (tertiary/aromatic N) is 1. The first-order valence-corrected chi connectivity index (χ1v) is 6.42. The summed E-state index contributed by atoms with van der Waals surface area (Å²) in [5.41, 5.74) is 1.12. The molecule has 0 spiro atoms. The summed E-state index contributed by atoms with van der Waals surface area (Å²) >= 11 is 3.10. The number of nitro benzene ring substituents is 1. The lowest BCUT2D eigenvalue weighted by Crippen LogP contribution is -2.00. The van der Waals surface area contributed by atoms with Gasteiger partial charge < -0.3 is 10.4 Å². The Hall–Kier alpha value is -2.15. The molecule has 0 saturated heterocycles. The number of hydrogen-bond donors (Lipinski definition) is 2. The van der Waals surface area contributed by atoms with E-state index in [9.17, 15) is 14.5 Å². The van der Waals surface area contributed by atoms with Crippen molar-refractivity contribution < 1.29 is 14.4 Å². The van der Waals surface area contributed by atoms with Crippen LogP contribution in [0.25, 0.3) is 0 Å². The van der Waals surface area contributed by atoms with E-state index in [0.29, 0.717) is 15.7 Å². The van der Waals surface area contributed by atoms with Gasteiger partial charge in [-0.05, 0) is 45.8 Å². The van der Waals surface area contributed by atoms with Crippen molar-refractivity contribution in [3.8, 4) is 5.75 Å². The highest BCUT2D eigenvalue weighted by Gasteiger charge is 2.12. The van der Waals surface area contributed by atoms with Crippen molar-refractivity contribution in [1.29, 1.82) is 0 Å². The van der Waals surface area contributed by atoms with Gasteiger partial charge in [0.1, 0.15) is 0 Å². The summed E-state index contributed by atoms with van der Waals surface area (Å²) in [7, 11) is 0. The predicted molar refractivity (Wildman–Crippen MR) is 76.2 cm³/mol. The lowest BCUT2D eigenvalue weighted by molar-refractivity contribution is -0.385. The van der Waals surface area contributed by atoms with Gasteiger partial charge in [0.2, 0.25) is 0 Å². The van der Waals surface area contributed by atoms with E-state index in [1.807, 2.05) is 0 Å². The van der Waals surface area contributed by atoms with E-state index in [1.165, 1.54) is 18.2 Å². The second kappa shape index (κ2) is 5.87. The first-order chi connectivity index (χ1) is 9.47. The number of hydrogen-bond acceptors (Lipinski definition) is 4. The zero-order chi connectivity index (χ0) is 14.7. The Morgan fingerprint density at radius 2 is 2.05 bits per heavy atom. The molecule has 0 heterocycles. The van der Waals surface area contributed by atoms with Crippen molar-refractivity contribution in [2.24, 2.45) is 0 Å². The van der Waals surface area contributed by atoms with E-state index in [1.54, 1.807) is 18.2 Å². The Labute approximate surface area is 122 Å². The van der Waals surface area contributed by atoms with Crippen molar-refractivity contribution >= 4 is 27.3 Å². The van der Waals surface area contributed by atoms with E-state index < -0.39 is 16.5 Å². The zero-order valence-electron chi connectivity index (χ0n) is 10.1. The minimum Gasteiger partial charge on any atom is -0.505 e. The summed E-state index contributed by atoms with van der Waals surface area (Å²) in [6.07, 6.45) is 0. The third-order valence-corrected chi connectivity index (χ3v) is 3.32. The quantitative estimate of drug-likeness (QED) is 0.655. The van der Waals surface area contributed by atoms with Gasteiger partial charge in [-0.3, -0.25) is 10.1 Å². The Kier molecular flexibility index (Phi) is 4.19. The molecule has 0 unspecified atom stereocenters. The van der Waals surface area contributed by atoms with Gasteiger partial charge in [-0.2, -0.15) is 0 Å². The van der Waals surface area contributed by atoms with Crippen molar-refractivity contribution in [3.05, 3.63) is 62.4 Å². The second-order valence-electron chi connectivity index (χ2n) is 4.06. The molecule has 7 heteroatoms. The SMILES string of the molecule is O=[N+]([O-])c1cc(NCc2ccc(O)c(F)c2)ccc1Br. The normalized spacial score (nSPS) is 10.3. The smallest absolute Gasteiger partial charge is 0.285 e. The Balaban J connectivity index is 2.12. The van der Waals surface area contributed by atoms with E-state index in [4.69, 9.17) is 5.11 Å². The molecule has 0 aliphatic heterocycles. The van der Waals surface area contributed by atoms with Crippen LogP contribution >= 0.6 is 15.9 Å². The predicted octanol–water partition coefficient (Wildman–Crippen LogP) is 3.81. The van der Waals surface area contributed by atoms with Crippen molar-refractivity contribution in [3.63, 3.8) is 0 Å². The Morgan fingerprint density at radius 1 is 1.30 bits per heavy atom. The third-order valence-electron chi connectivity index (χ3n) is 2.65. The van der Waals surface area contributed by atoms with Gasteiger partial charge >= 0.3 is 0 Å². The molecule has 104 valence electrons. The van der Waals surface area contributed by atoms with Crippen LogP contribution in [0.3, 0.4) is 0 Å². The number of halogens is 2. The summed E-state index contributed by atoms with van der Waals surface area (Å²) in [5, 5.41) is 22.8. The molecule has 0 aromatic heterocycles. The van der Waals surface area contributed by atoms with E-state index in [0.717, 1.165) is 0 Å². The summed E-state index contributed by atoms with van der Waals surface area (Å²) < 4.78 is 13.5. The summed E-state index contributed by atoms with van der Waals surface area (Å²) in [4.78, 5) is 10.3. The Morgan fingerprint density at radius 3 is 2.70 bits per heavy atom. The molecule has 5 nitrogen and oxygen atoms in total. The highest BCUT2D eigenvalue weighted by atomic mass is 79.9. The molecule has 2 aromatic carbocycles. The number of aromatic hydroxyl groups is 1. The molecule has 20 heavy (non-hydrogen) atoms. The van der Waals surface area contributed by atoms with Crippen LogP contribution in [0.4, 0.5) is 15.8 Å². The lowest BCUT2D eigenvalue weighted by Gasteiger charge is -2.07. The van der Waals surface area contributed by atoms with Crippen LogP contribution in [0.5, 0.6) is 5.75 Å². The minimum atomic E-state index is -0.703. The Bertz CT molecular complexity index is 664. The number of rotatable bonds is 4. The third kappa shape index (κ3) is 3.24. The molecule has 0 bridgehead atoms. The molecule has 0 atom stereocenters. The lowest BCUT2D eigenvalue weighted by atomic mass is 10.2. The highest BCUT2D eigenvalue weighted by molar-refractivity contribution is 9.10. The number of phenolic OH excluding ortho intramolecular Hbond substituents is 1. The first kappa shape index (κ1) is 14.3. The van der Waals surface area contributed by atoms with E-state index >= 15 is 0 Å². The summed E-state index contributed by atoms with van der Waals surface area (Å²) in [5.74, 6) is -1.11. The molecule has 2 aromatic rings. The van der Waals surface area contributed by atoms with Crippen LogP contribution < -0.4 is 5.32 Å². The summed E-state index contributed by atoms with van der Waals surface area (Å²) in [6, 6.07) is 8.66. The number of benzene rings is 2. The van der Waals surface area contributed by atoms with Crippen LogP contribution in [0.1, 0.15) is 5.56 Å². The van der Waals surface area contributed by atoms with Gasteiger partial charge in [0.15, 0.2) is 11.6 Å². The average Bonchev–Trinajstić information content (AvgIpc) is 2.41. The van der Waals surface area contributed by atoms with Gasteiger partial charge in [-0.25, -0.2) is 4.39 Å². The van der Waals surface area contributed by atoms with Crippen LogP contribution in [-0.4, -0.2) is 10.0 Å². The molecule has 0 fully saturated rings. The molecule has 2 rings (SSSR count). The molecule has 0 aliphatic carbocycles. The van der Waals surface area contributed by atoms with Gasteiger partial charge in [-0.15, -0.1) is 0 Å². The maximum atomic E-state index is 13.2. The molecule has 0 amide bonds. The van der Waals surface area contributed by atoms with E-state index in [2.05, 4.69) is 21.2 Å². The van der Waals surface area contributed by atoms with Crippen LogP contribution in [-0.2, 0) is 6.54 Å². The number of phenols is 1. The fourth-order valence-electron chi connectivity index (χ4n) is 1.63. The molecular weight excluding hydrogens is 331 g/mol. The largest absolute Gasteiger partial charge is 0.505 e. The van der Waals surface area contributed by atoms with Gasteiger partial charge in [-0.1, -0.05) is 6.07 Å². The summed E-state index contributed by atoms with van der Waals surface area (Å²) in [6.45, 7) is 0.288. The minimum absolute atomic E-state index is 0.0492. The van der Waals surface area contributed by atoms with Gasteiger partial charge in [0, 0.05) is 18.3 Å². The van der Waals surface area contributed by atoms with Crippen LogP contribution in [0.2, 0.25) is 0 Å². The van der Waals surface area contributed by atoms with Gasteiger partial charge in [0.25, 0.3) is 5.69 Å².